The molecule has 17 heavy (non-hydrogen) atoms. The van der Waals surface area contributed by atoms with Gasteiger partial charge in [0.25, 0.3) is 5.69 Å². The van der Waals surface area contributed by atoms with E-state index >= 15 is 0 Å². The lowest BCUT2D eigenvalue weighted by Gasteiger charge is -2.13. The molecule has 1 unspecified atom stereocenters. The molecule has 1 N–H and O–H groups in total. The third-order valence-corrected chi connectivity index (χ3v) is 2.55. The highest BCUT2D eigenvalue weighted by atomic mass is 16.6. The van der Waals surface area contributed by atoms with Crippen LogP contribution >= 0.6 is 0 Å². The van der Waals surface area contributed by atoms with Crippen LogP contribution in [0, 0.1) is 21.4 Å². The number of nitro groups is 1. The van der Waals surface area contributed by atoms with Gasteiger partial charge in [-0.15, -0.1) is 0 Å². The number of nitrogens with one attached hydrogen (secondary N) is 1. The summed E-state index contributed by atoms with van der Waals surface area (Å²) in [5.74, 6) is 0. The summed E-state index contributed by atoms with van der Waals surface area (Å²) in [7, 11) is 0. The number of hydrogen-bond acceptors (Lipinski definition) is 4. The van der Waals surface area contributed by atoms with Crippen LogP contribution in [0.1, 0.15) is 25.3 Å². The molecule has 0 aliphatic carbocycles. The molecule has 0 aliphatic heterocycles. The molecule has 0 fully saturated rings. The summed E-state index contributed by atoms with van der Waals surface area (Å²) in [6.07, 6.45) is 1.31. The van der Waals surface area contributed by atoms with Crippen molar-refractivity contribution in [2.24, 2.45) is 0 Å². The van der Waals surface area contributed by atoms with Crippen LogP contribution < -0.4 is 5.32 Å². The first kappa shape index (κ1) is 13.1. The van der Waals surface area contributed by atoms with E-state index in [2.05, 4.69) is 11.4 Å². The highest BCUT2D eigenvalue weighted by Gasteiger charge is 2.08. The molecular weight excluding hydrogens is 218 g/mol. The highest BCUT2D eigenvalue weighted by molar-refractivity contribution is 5.34. The van der Waals surface area contributed by atoms with Crippen molar-refractivity contribution in [1.82, 2.24) is 5.32 Å². The molecule has 0 saturated heterocycles. The average molecular weight is 233 g/mol. The van der Waals surface area contributed by atoms with Gasteiger partial charge >= 0.3 is 0 Å². The number of benzene rings is 1. The summed E-state index contributed by atoms with van der Waals surface area (Å²) in [5.41, 5.74) is 0.952. The molecule has 5 nitrogen and oxygen atoms in total. The van der Waals surface area contributed by atoms with Crippen molar-refractivity contribution in [3.63, 3.8) is 0 Å². The van der Waals surface area contributed by atoms with Gasteiger partial charge in [0.1, 0.15) is 0 Å². The van der Waals surface area contributed by atoms with Crippen molar-refractivity contribution in [3.05, 3.63) is 39.9 Å². The molecular formula is C12H15N3O2. The molecule has 0 aromatic heterocycles. The van der Waals surface area contributed by atoms with Crippen LogP contribution in [0.15, 0.2) is 24.3 Å². The molecule has 0 spiro atoms. The number of rotatable bonds is 6. The van der Waals surface area contributed by atoms with Crippen molar-refractivity contribution in [1.29, 1.82) is 5.26 Å². The Kier molecular flexibility index (Phi) is 5.11. The lowest BCUT2D eigenvalue weighted by atomic mass is 10.1. The molecule has 1 aromatic carbocycles. The molecule has 0 amide bonds. The van der Waals surface area contributed by atoms with Crippen molar-refractivity contribution >= 4 is 5.69 Å². The first-order valence-corrected chi connectivity index (χ1v) is 5.51. The zero-order valence-electron chi connectivity index (χ0n) is 9.72. The predicted octanol–water partition coefficient (Wildman–Crippen LogP) is 2.38. The monoisotopic (exact) mass is 233 g/mol. The molecule has 0 saturated carbocycles. The van der Waals surface area contributed by atoms with E-state index < -0.39 is 4.92 Å². The van der Waals surface area contributed by atoms with Gasteiger partial charge in [0, 0.05) is 24.7 Å². The number of hydrogen-bond donors (Lipinski definition) is 1. The van der Waals surface area contributed by atoms with Crippen LogP contribution in [-0.4, -0.2) is 11.0 Å². The van der Waals surface area contributed by atoms with Gasteiger partial charge in [-0.2, -0.15) is 5.26 Å². The minimum atomic E-state index is -0.407. The predicted molar refractivity (Wildman–Crippen MR) is 64.2 cm³/mol. The van der Waals surface area contributed by atoms with Gasteiger partial charge in [0.15, 0.2) is 0 Å². The topological polar surface area (TPSA) is 79.0 Å². The van der Waals surface area contributed by atoms with Crippen molar-refractivity contribution < 1.29 is 4.92 Å². The van der Waals surface area contributed by atoms with Gasteiger partial charge in [0.05, 0.1) is 17.4 Å². The second-order valence-electron chi connectivity index (χ2n) is 3.78. The van der Waals surface area contributed by atoms with Crippen LogP contribution in [0.4, 0.5) is 5.69 Å². The average Bonchev–Trinajstić information content (AvgIpc) is 2.34. The van der Waals surface area contributed by atoms with E-state index in [1.54, 1.807) is 12.1 Å². The third-order valence-electron chi connectivity index (χ3n) is 2.55. The van der Waals surface area contributed by atoms with Gasteiger partial charge in [-0.05, 0) is 12.0 Å². The number of nitriles is 1. The second-order valence-corrected chi connectivity index (χ2v) is 3.78. The maximum atomic E-state index is 10.6. The maximum absolute atomic E-state index is 10.6. The van der Waals surface area contributed by atoms with E-state index in [0.717, 1.165) is 12.0 Å². The number of nitro benzene ring substituents is 1. The fourth-order valence-electron chi connectivity index (χ4n) is 1.51. The van der Waals surface area contributed by atoms with Crippen LogP contribution in [0.3, 0.4) is 0 Å². The Labute approximate surface area is 100 Å². The van der Waals surface area contributed by atoms with Gasteiger partial charge in [-0.3, -0.25) is 10.1 Å². The normalized spacial score (nSPS) is 11.8. The van der Waals surface area contributed by atoms with E-state index in [0.29, 0.717) is 13.0 Å². The third kappa shape index (κ3) is 4.21. The fourth-order valence-corrected chi connectivity index (χ4v) is 1.51. The van der Waals surface area contributed by atoms with E-state index in [1.165, 1.54) is 6.07 Å². The Morgan fingerprint density at radius 3 is 2.94 bits per heavy atom. The zero-order valence-corrected chi connectivity index (χ0v) is 9.72. The van der Waals surface area contributed by atoms with E-state index in [4.69, 9.17) is 5.26 Å². The van der Waals surface area contributed by atoms with Crippen molar-refractivity contribution in [3.8, 4) is 6.07 Å². The minimum absolute atomic E-state index is 0.0950. The van der Waals surface area contributed by atoms with Gasteiger partial charge in [0.2, 0.25) is 0 Å². The summed E-state index contributed by atoms with van der Waals surface area (Å²) < 4.78 is 0. The molecule has 0 bridgehead atoms. The molecule has 1 rings (SSSR count). The van der Waals surface area contributed by atoms with Gasteiger partial charge < -0.3 is 5.32 Å². The molecule has 0 radical (unpaired) electrons. The Balaban J connectivity index is 2.60. The van der Waals surface area contributed by atoms with E-state index in [1.807, 2.05) is 13.0 Å². The van der Waals surface area contributed by atoms with Crippen LogP contribution in [0.5, 0.6) is 0 Å². The summed E-state index contributed by atoms with van der Waals surface area (Å²) in [5, 5.41) is 22.4. The lowest BCUT2D eigenvalue weighted by molar-refractivity contribution is -0.384. The molecule has 90 valence electrons. The molecule has 1 atom stereocenters. The molecule has 0 aliphatic rings. The molecule has 5 heteroatoms. The summed E-state index contributed by atoms with van der Waals surface area (Å²) in [4.78, 5) is 10.2. The van der Waals surface area contributed by atoms with Crippen LogP contribution in [0.2, 0.25) is 0 Å². The Bertz CT molecular complexity index is 426. The van der Waals surface area contributed by atoms with E-state index in [-0.39, 0.29) is 11.7 Å². The Hall–Kier alpha value is -1.93. The van der Waals surface area contributed by atoms with Crippen molar-refractivity contribution in [2.45, 2.75) is 32.4 Å². The zero-order chi connectivity index (χ0) is 12.7. The number of non-ortho nitro benzene ring substituents is 1. The Morgan fingerprint density at radius 1 is 1.59 bits per heavy atom. The summed E-state index contributed by atoms with van der Waals surface area (Å²) >= 11 is 0. The molecule has 0 heterocycles. The van der Waals surface area contributed by atoms with Crippen LogP contribution in [0.25, 0.3) is 0 Å². The standard InChI is InChI=1S/C12H15N3O2/c1-2-11(6-7-13)14-9-10-4-3-5-12(8-10)15(16)17/h3-5,8,11,14H,2,6,9H2,1H3. The highest BCUT2D eigenvalue weighted by Crippen LogP contribution is 2.13. The maximum Gasteiger partial charge on any atom is 0.269 e. The first-order chi connectivity index (χ1) is 8.17. The minimum Gasteiger partial charge on any atom is -0.309 e. The molecule has 1 aromatic rings. The summed E-state index contributed by atoms with van der Waals surface area (Å²) in [6.45, 7) is 2.55. The smallest absolute Gasteiger partial charge is 0.269 e. The van der Waals surface area contributed by atoms with Crippen LogP contribution in [-0.2, 0) is 6.54 Å². The quantitative estimate of drug-likeness (QED) is 0.604. The second kappa shape index (κ2) is 6.61. The SMILES string of the molecule is CCC(CC#N)NCc1cccc([N+](=O)[O-])c1. The van der Waals surface area contributed by atoms with Crippen molar-refractivity contribution in [2.75, 3.05) is 0 Å². The number of nitrogens with zero attached hydrogens (tertiary/aromatic N) is 2. The summed E-state index contributed by atoms with van der Waals surface area (Å²) in [6, 6.07) is 8.77. The largest absolute Gasteiger partial charge is 0.309 e. The van der Waals surface area contributed by atoms with Gasteiger partial charge in [-0.1, -0.05) is 19.1 Å². The van der Waals surface area contributed by atoms with E-state index in [9.17, 15) is 10.1 Å². The Morgan fingerprint density at radius 2 is 2.35 bits per heavy atom. The fraction of sp³-hybridized carbons (Fsp3) is 0.417. The lowest BCUT2D eigenvalue weighted by Crippen LogP contribution is -2.27. The first-order valence-electron chi connectivity index (χ1n) is 5.51. The van der Waals surface area contributed by atoms with Gasteiger partial charge in [-0.25, -0.2) is 0 Å².